The summed E-state index contributed by atoms with van der Waals surface area (Å²) in [4.78, 5) is 6.48. The Balaban J connectivity index is 1.28. The monoisotopic (exact) mass is 342 g/mol. The Morgan fingerprint density at radius 2 is 2.12 bits per heavy atom. The summed E-state index contributed by atoms with van der Waals surface area (Å²) in [6.45, 7) is 7.21. The lowest BCUT2D eigenvalue weighted by Gasteiger charge is -2.50. The SMILES string of the molecule is Cc1cc(CN2CC3(C2)OCCC3COCc2ccncc2)n(C)n1. The van der Waals surface area contributed by atoms with E-state index in [0.717, 1.165) is 45.0 Å². The Bertz CT molecular complexity index is 709. The van der Waals surface area contributed by atoms with Gasteiger partial charge in [0.05, 0.1) is 30.2 Å². The minimum Gasteiger partial charge on any atom is -0.376 e. The van der Waals surface area contributed by atoms with Gasteiger partial charge < -0.3 is 9.47 Å². The van der Waals surface area contributed by atoms with Crippen LogP contribution in [0.2, 0.25) is 0 Å². The van der Waals surface area contributed by atoms with Crippen molar-refractivity contribution in [3.05, 3.63) is 47.5 Å². The van der Waals surface area contributed by atoms with Crippen LogP contribution >= 0.6 is 0 Å². The molecule has 2 aromatic rings. The van der Waals surface area contributed by atoms with Crippen LogP contribution in [0.3, 0.4) is 0 Å². The summed E-state index contributed by atoms with van der Waals surface area (Å²) in [6, 6.07) is 6.17. The van der Waals surface area contributed by atoms with Gasteiger partial charge in [0.1, 0.15) is 0 Å². The zero-order valence-electron chi connectivity index (χ0n) is 15.0. The minimum absolute atomic E-state index is 0.00805. The van der Waals surface area contributed by atoms with Crippen molar-refractivity contribution in [1.29, 1.82) is 0 Å². The van der Waals surface area contributed by atoms with E-state index in [1.165, 1.54) is 11.3 Å². The minimum atomic E-state index is -0.00805. The summed E-state index contributed by atoms with van der Waals surface area (Å²) in [5.74, 6) is 0.485. The Morgan fingerprint density at radius 3 is 2.84 bits per heavy atom. The average Bonchev–Trinajstić information content (AvgIpc) is 3.12. The number of aryl methyl sites for hydroxylation is 2. The predicted molar refractivity (Wildman–Crippen MR) is 93.9 cm³/mol. The van der Waals surface area contributed by atoms with Crippen molar-refractivity contribution in [2.45, 2.75) is 32.1 Å². The molecule has 6 heteroatoms. The first-order chi connectivity index (χ1) is 12.1. The number of likely N-dealkylation sites (tertiary alicyclic amines) is 1. The first kappa shape index (κ1) is 16.7. The van der Waals surface area contributed by atoms with E-state index in [2.05, 4.69) is 21.0 Å². The maximum absolute atomic E-state index is 6.14. The van der Waals surface area contributed by atoms with Crippen molar-refractivity contribution < 1.29 is 9.47 Å². The van der Waals surface area contributed by atoms with Gasteiger partial charge in [-0.05, 0) is 37.1 Å². The molecular weight excluding hydrogens is 316 g/mol. The van der Waals surface area contributed by atoms with Gasteiger partial charge in [-0.25, -0.2) is 0 Å². The fourth-order valence-corrected chi connectivity index (χ4v) is 4.03. The molecule has 2 aliphatic heterocycles. The number of aromatic nitrogens is 3. The van der Waals surface area contributed by atoms with Gasteiger partial charge in [-0.1, -0.05) is 0 Å². The molecule has 134 valence electrons. The zero-order chi connectivity index (χ0) is 17.3. The topological polar surface area (TPSA) is 52.4 Å². The smallest absolute Gasteiger partial charge is 0.0985 e. The summed E-state index contributed by atoms with van der Waals surface area (Å²) in [5.41, 5.74) is 3.50. The quantitative estimate of drug-likeness (QED) is 0.803. The van der Waals surface area contributed by atoms with Crippen LogP contribution in [0.4, 0.5) is 0 Å². The van der Waals surface area contributed by atoms with Gasteiger partial charge in [0.15, 0.2) is 0 Å². The molecule has 0 bridgehead atoms. The number of pyridine rings is 1. The van der Waals surface area contributed by atoms with Gasteiger partial charge in [0, 0.05) is 51.6 Å². The molecule has 2 aliphatic rings. The molecule has 0 aliphatic carbocycles. The first-order valence-electron chi connectivity index (χ1n) is 8.97. The normalized spacial score (nSPS) is 22.4. The molecule has 1 spiro atoms. The predicted octanol–water partition coefficient (Wildman–Crippen LogP) is 1.93. The molecule has 0 N–H and O–H groups in total. The second-order valence-corrected chi connectivity index (χ2v) is 7.32. The molecule has 6 nitrogen and oxygen atoms in total. The largest absolute Gasteiger partial charge is 0.376 e. The fourth-order valence-electron chi connectivity index (χ4n) is 4.03. The number of hydrogen-bond acceptors (Lipinski definition) is 5. The third-order valence-corrected chi connectivity index (χ3v) is 5.40. The molecule has 2 saturated heterocycles. The van der Waals surface area contributed by atoms with E-state index >= 15 is 0 Å². The maximum atomic E-state index is 6.14. The van der Waals surface area contributed by atoms with Crippen LogP contribution in [-0.4, -0.2) is 51.6 Å². The lowest BCUT2D eigenvalue weighted by atomic mass is 9.81. The number of rotatable bonds is 6. The van der Waals surface area contributed by atoms with Crippen molar-refractivity contribution >= 4 is 0 Å². The highest BCUT2D eigenvalue weighted by atomic mass is 16.5. The van der Waals surface area contributed by atoms with Gasteiger partial charge >= 0.3 is 0 Å². The van der Waals surface area contributed by atoms with Gasteiger partial charge in [-0.3, -0.25) is 14.6 Å². The fraction of sp³-hybridized carbons (Fsp3) is 0.579. The van der Waals surface area contributed by atoms with E-state index in [9.17, 15) is 0 Å². The Kier molecular flexibility index (Phi) is 4.58. The Hall–Kier alpha value is -1.76. The molecule has 0 aromatic carbocycles. The van der Waals surface area contributed by atoms with Crippen LogP contribution in [0, 0.1) is 12.8 Å². The highest BCUT2D eigenvalue weighted by Gasteiger charge is 2.52. The summed E-state index contributed by atoms with van der Waals surface area (Å²) in [5, 5.41) is 4.43. The lowest BCUT2D eigenvalue weighted by Crippen LogP contribution is -2.64. The number of hydrogen-bond donors (Lipinski definition) is 0. The van der Waals surface area contributed by atoms with E-state index < -0.39 is 0 Å². The van der Waals surface area contributed by atoms with Crippen LogP contribution in [0.15, 0.2) is 30.6 Å². The zero-order valence-corrected chi connectivity index (χ0v) is 15.0. The van der Waals surface area contributed by atoms with Crippen molar-refractivity contribution in [3.8, 4) is 0 Å². The van der Waals surface area contributed by atoms with E-state index in [1.54, 1.807) is 0 Å². The molecule has 0 amide bonds. The average molecular weight is 342 g/mol. The van der Waals surface area contributed by atoms with Crippen LogP contribution in [-0.2, 0) is 29.7 Å². The molecule has 0 radical (unpaired) electrons. The van der Waals surface area contributed by atoms with Crippen molar-refractivity contribution in [1.82, 2.24) is 19.7 Å². The third kappa shape index (κ3) is 3.47. The van der Waals surface area contributed by atoms with Crippen LogP contribution in [0.25, 0.3) is 0 Å². The molecule has 1 atom stereocenters. The molecule has 0 saturated carbocycles. The summed E-state index contributed by atoms with van der Waals surface area (Å²) >= 11 is 0. The molecule has 4 rings (SSSR count). The van der Waals surface area contributed by atoms with Gasteiger partial charge in [0.2, 0.25) is 0 Å². The Morgan fingerprint density at radius 1 is 1.32 bits per heavy atom. The van der Waals surface area contributed by atoms with E-state index in [4.69, 9.17) is 9.47 Å². The van der Waals surface area contributed by atoms with Crippen molar-refractivity contribution in [2.75, 3.05) is 26.3 Å². The summed E-state index contributed by atoms with van der Waals surface area (Å²) in [6.07, 6.45) is 4.71. The molecule has 2 fully saturated rings. The molecular formula is C19H26N4O2. The number of ether oxygens (including phenoxy) is 2. The summed E-state index contributed by atoms with van der Waals surface area (Å²) in [7, 11) is 2.01. The van der Waals surface area contributed by atoms with Gasteiger partial charge in [-0.2, -0.15) is 5.10 Å². The molecule has 1 unspecified atom stereocenters. The van der Waals surface area contributed by atoms with Crippen molar-refractivity contribution in [2.24, 2.45) is 13.0 Å². The maximum Gasteiger partial charge on any atom is 0.0985 e. The van der Waals surface area contributed by atoms with Crippen LogP contribution < -0.4 is 0 Å². The first-order valence-corrected chi connectivity index (χ1v) is 8.97. The van der Waals surface area contributed by atoms with Crippen LogP contribution in [0.1, 0.15) is 23.4 Å². The highest BCUT2D eigenvalue weighted by Crippen LogP contribution is 2.40. The van der Waals surface area contributed by atoms with Gasteiger partial charge in [0.25, 0.3) is 0 Å². The van der Waals surface area contributed by atoms with Gasteiger partial charge in [-0.15, -0.1) is 0 Å². The van der Waals surface area contributed by atoms with Crippen molar-refractivity contribution in [3.63, 3.8) is 0 Å². The lowest BCUT2D eigenvalue weighted by molar-refractivity contribution is -0.147. The second kappa shape index (κ2) is 6.86. The highest BCUT2D eigenvalue weighted by molar-refractivity contribution is 5.12. The van der Waals surface area contributed by atoms with E-state index in [1.807, 2.05) is 43.2 Å². The summed E-state index contributed by atoms with van der Waals surface area (Å²) < 4.78 is 14.1. The van der Waals surface area contributed by atoms with E-state index in [0.29, 0.717) is 12.5 Å². The van der Waals surface area contributed by atoms with E-state index in [-0.39, 0.29) is 5.60 Å². The van der Waals surface area contributed by atoms with Crippen LogP contribution in [0.5, 0.6) is 0 Å². The third-order valence-electron chi connectivity index (χ3n) is 5.40. The second-order valence-electron chi connectivity index (χ2n) is 7.32. The Labute approximate surface area is 148 Å². The molecule has 4 heterocycles. The standard InChI is InChI=1S/C19H26N4O2/c1-15-9-18(22(2)21-15)10-23-13-19(14-23)17(5-8-25-19)12-24-11-16-3-6-20-7-4-16/h3-4,6-7,9,17H,5,8,10-14H2,1-2H3. The number of nitrogens with zero attached hydrogens (tertiary/aromatic N) is 4. The molecule has 25 heavy (non-hydrogen) atoms. The molecule has 2 aromatic heterocycles.